The number of hydrogen-bond acceptors (Lipinski definition) is 2. The zero-order chi connectivity index (χ0) is 10.0. The quantitative estimate of drug-likeness (QED) is 0.790. The molecule has 1 aliphatic carbocycles. The van der Waals surface area contributed by atoms with Crippen LogP contribution in [0.15, 0.2) is 24.4 Å². The fourth-order valence-corrected chi connectivity index (χ4v) is 1.73. The van der Waals surface area contributed by atoms with Crippen LogP contribution in [-0.4, -0.2) is 16.9 Å². The summed E-state index contributed by atoms with van der Waals surface area (Å²) in [6, 6.07) is 4.49. The molecule has 1 aromatic heterocycles. The molecule has 1 saturated carbocycles. The second-order valence-electron chi connectivity index (χ2n) is 3.57. The van der Waals surface area contributed by atoms with Crippen LogP contribution in [0.25, 0.3) is 0 Å². The lowest BCUT2D eigenvalue weighted by Gasteiger charge is -2.20. The summed E-state index contributed by atoms with van der Waals surface area (Å²) in [6.45, 7) is 0. The maximum atomic E-state index is 13.2. The number of aromatic nitrogens is 1. The molecule has 1 aliphatic rings. The predicted molar refractivity (Wildman–Crippen MR) is 50.4 cm³/mol. The van der Waals surface area contributed by atoms with Gasteiger partial charge in [-0.25, -0.2) is 13.8 Å². The van der Waals surface area contributed by atoms with E-state index >= 15 is 0 Å². The fourth-order valence-electron chi connectivity index (χ4n) is 1.73. The van der Waals surface area contributed by atoms with Gasteiger partial charge in [-0.3, -0.25) is 0 Å². The molecule has 0 bridgehead atoms. The minimum Gasteiger partial charge on any atom is -0.361 e. The highest BCUT2D eigenvalue weighted by Crippen LogP contribution is 2.36. The Morgan fingerprint density at radius 1 is 1.43 bits per heavy atom. The van der Waals surface area contributed by atoms with Crippen LogP contribution in [0.5, 0.6) is 0 Å². The van der Waals surface area contributed by atoms with E-state index in [9.17, 15) is 8.78 Å². The van der Waals surface area contributed by atoms with Crippen LogP contribution in [-0.2, 0) is 0 Å². The molecule has 1 heterocycles. The van der Waals surface area contributed by atoms with Crippen molar-refractivity contribution in [3.63, 3.8) is 0 Å². The van der Waals surface area contributed by atoms with E-state index in [0.717, 1.165) is 0 Å². The highest BCUT2D eigenvalue weighted by atomic mass is 19.3. The third kappa shape index (κ3) is 1.84. The lowest BCUT2D eigenvalue weighted by Crippen LogP contribution is -2.34. The van der Waals surface area contributed by atoms with Crippen molar-refractivity contribution >= 4 is 5.82 Å². The monoisotopic (exact) mass is 198 g/mol. The lowest BCUT2D eigenvalue weighted by molar-refractivity contribution is -0.000685. The van der Waals surface area contributed by atoms with Crippen molar-refractivity contribution in [3.05, 3.63) is 24.4 Å². The summed E-state index contributed by atoms with van der Waals surface area (Å²) in [5.74, 6) is -2.06. The number of anilines is 1. The Kier molecular flexibility index (Phi) is 2.35. The molecule has 0 amide bonds. The number of rotatable bonds is 2. The Bertz CT molecular complexity index is 300. The number of halogens is 2. The van der Waals surface area contributed by atoms with Crippen molar-refractivity contribution < 1.29 is 8.78 Å². The summed E-state index contributed by atoms with van der Waals surface area (Å²) in [7, 11) is 0. The highest BCUT2D eigenvalue weighted by molar-refractivity contribution is 5.35. The van der Waals surface area contributed by atoms with E-state index in [-0.39, 0.29) is 6.42 Å². The van der Waals surface area contributed by atoms with Crippen molar-refractivity contribution in [2.24, 2.45) is 0 Å². The predicted octanol–water partition coefficient (Wildman–Crippen LogP) is 2.68. The molecule has 0 spiro atoms. The second kappa shape index (κ2) is 3.52. The first-order chi connectivity index (χ1) is 6.68. The smallest absolute Gasteiger partial charge is 0.267 e. The van der Waals surface area contributed by atoms with Gasteiger partial charge in [0.25, 0.3) is 5.92 Å². The van der Waals surface area contributed by atoms with Gasteiger partial charge in [0.1, 0.15) is 5.82 Å². The van der Waals surface area contributed by atoms with Gasteiger partial charge in [0.15, 0.2) is 0 Å². The molecule has 2 rings (SSSR count). The highest BCUT2D eigenvalue weighted by Gasteiger charge is 2.43. The van der Waals surface area contributed by atoms with Crippen molar-refractivity contribution in [2.75, 3.05) is 5.32 Å². The first-order valence-electron chi connectivity index (χ1n) is 4.74. The molecule has 0 saturated heterocycles. The first-order valence-corrected chi connectivity index (χ1v) is 4.74. The third-order valence-corrected chi connectivity index (χ3v) is 2.50. The van der Waals surface area contributed by atoms with E-state index in [1.165, 1.54) is 0 Å². The molecular formula is C10H12F2N2. The Morgan fingerprint density at radius 3 is 2.86 bits per heavy atom. The standard InChI is InChI=1S/C10H12F2N2/c11-10(12)6-3-4-8(10)14-9-5-1-2-7-13-9/h1-2,5,7-8H,3-4,6H2,(H,13,14). The molecule has 14 heavy (non-hydrogen) atoms. The van der Waals surface area contributed by atoms with Gasteiger partial charge in [-0.2, -0.15) is 0 Å². The van der Waals surface area contributed by atoms with Crippen molar-refractivity contribution in [1.29, 1.82) is 0 Å². The molecule has 1 N–H and O–H groups in total. The van der Waals surface area contributed by atoms with E-state index in [0.29, 0.717) is 18.7 Å². The van der Waals surface area contributed by atoms with Gasteiger partial charge in [-0.15, -0.1) is 0 Å². The van der Waals surface area contributed by atoms with E-state index in [1.54, 1.807) is 24.4 Å². The van der Waals surface area contributed by atoms with Gasteiger partial charge < -0.3 is 5.32 Å². The van der Waals surface area contributed by atoms with Crippen LogP contribution in [0.1, 0.15) is 19.3 Å². The summed E-state index contributed by atoms with van der Waals surface area (Å²) in [5.41, 5.74) is 0. The SMILES string of the molecule is FC1(F)CCCC1Nc1ccccn1. The number of alkyl halides is 2. The molecule has 2 nitrogen and oxygen atoms in total. The van der Waals surface area contributed by atoms with Gasteiger partial charge in [0, 0.05) is 12.6 Å². The van der Waals surface area contributed by atoms with Gasteiger partial charge >= 0.3 is 0 Å². The fraction of sp³-hybridized carbons (Fsp3) is 0.500. The number of nitrogens with zero attached hydrogens (tertiary/aromatic N) is 1. The Labute approximate surface area is 81.4 Å². The molecule has 0 radical (unpaired) electrons. The van der Waals surface area contributed by atoms with Crippen LogP contribution in [0, 0.1) is 0 Å². The van der Waals surface area contributed by atoms with Crippen molar-refractivity contribution in [1.82, 2.24) is 4.98 Å². The second-order valence-corrected chi connectivity index (χ2v) is 3.57. The summed E-state index contributed by atoms with van der Waals surface area (Å²) in [5, 5.41) is 2.77. The van der Waals surface area contributed by atoms with Crippen LogP contribution >= 0.6 is 0 Å². The van der Waals surface area contributed by atoms with Crippen LogP contribution < -0.4 is 5.32 Å². The summed E-state index contributed by atoms with van der Waals surface area (Å²) < 4.78 is 26.4. The minimum atomic E-state index is -2.59. The first kappa shape index (κ1) is 9.37. The van der Waals surface area contributed by atoms with Crippen LogP contribution in [0.4, 0.5) is 14.6 Å². The van der Waals surface area contributed by atoms with E-state index in [1.807, 2.05) is 0 Å². The number of nitrogens with one attached hydrogen (secondary N) is 1. The van der Waals surface area contributed by atoms with E-state index < -0.39 is 12.0 Å². The van der Waals surface area contributed by atoms with E-state index in [2.05, 4.69) is 10.3 Å². The molecule has 1 aromatic rings. The molecule has 76 valence electrons. The van der Waals surface area contributed by atoms with Gasteiger partial charge in [-0.05, 0) is 25.0 Å². The molecule has 0 aliphatic heterocycles. The van der Waals surface area contributed by atoms with E-state index in [4.69, 9.17) is 0 Å². The maximum Gasteiger partial charge on any atom is 0.267 e. The molecule has 1 atom stereocenters. The number of pyridine rings is 1. The Morgan fingerprint density at radius 2 is 2.29 bits per heavy atom. The number of hydrogen-bond donors (Lipinski definition) is 1. The molecular weight excluding hydrogens is 186 g/mol. The third-order valence-electron chi connectivity index (χ3n) is 2.50. The Hall–Kier alpha value is -1.19. The normalized spacial score (nSPS) is 24.9. The van der Waals surface area contributed by atoms with Gasteiger partial charge in [0.05, 0.1) is 6.04 Å². The lowest BCUT2D eigenvalue weighted by atomic mass is 10.2. The van der Waals surface area contributed by atoms with Crippen molar-refractivity contribution in [3.8, 4) is 0 Å². The largest absolute Gasteiger partial charge is 0.361 e. The average molecular weight is 198 g/mol. The topological polar surface area (TPSA) is 24.9 Å². The Balaban J connectivity index is 2.05. The van der Waals surface area contributed by atoms with Crippen molar-refractivity contribution in [2.45, 2.75) is 31.2 Å². The minimum absolute atomic E-state index is 0.0164. The zero-order valence-electron chi connectivity index (χ0n) is 7.71. The summed E-state index contributed by atoms with van der Waals surface area (Å²) in [4.78, 5) is 3.96. The molecule has 0 aromatic carbocycles. The molecule has 1 fully saturated rings. The average Bonchev–Trinajstić information content (AvgIpc) is 2.48. The molecule has 1 unspecified atom stereocenters. The molecule has 4 heteroatoms. The summed E-state index contributed by atoms with van der Waals surface area (Å²) in [6.07, 6.45) is 2.67. The van der Waals surface area contributed by atoms with Gasteiger partial charge in [0.2, 0.25) is 0 Å². The summed E-state index contributed by atoms with van der Waals surface area (Å²) >= 11 is 0. The van der Waals surface area contributed by atoms with Gasteiger partial charge in [-0.1, -0.05) is 6.07 Å². The zero-order valence-corrected chi connectivity index (χ0v) is 7.71. The van der Waals surface area contributed by atoms with Crippen LogP contribution in [0.3, 0.4) is 0 Å². The maximum absolute atomic E-state index is 13.2. The van der Waals surface area contributed by atoms with Crippen LogP contribution in [0.2, 0.25) is 0 Å².